The van der Waals surface area contributed by atoms with Crippen LogP contribution in [0.3, 0.4) is 0 Å². The molecule has 1 unspecified atom stereocenters. The normalized spacial score (nSPS) is 19.7. The Bertz CT molecular complexity index is 172. The number of halogens is 4. The van der Waals surface area contributed by atoms with Crippen molar-refractivity contribution < 1.29 is 17.9 Å². The monoisotopic (exact) mass is 231 g/mol. The molecule has 0 aliphatic heterocycles. The first-order valence-corrected chi connectivity index (χ1v) is 4.98. The van der Waals surface area contributed by atoms with E-state index in [9.17, 15) is 13.2 Å². The lowest BCUT2D eigenvalue weighted by atomic mass is 10.3. The lowest BCUT2D eigenvalue weighted by molar-refractivity contribution is -0.323. The standard InChI is InChI=1S/C8H13ClF3NO/c9-7(6-1-2-6)5-13-3-4-14-8(10,11)12/h6-7,13H,1-5H2. The van der Waals surface area contributed by atoms with Gasteiger partial charge in [0.2, 0.25) is 0 Å². The van der Waals surface area contributed by atoms with Gasteiger partial charge in [0.1, 0.15) is 0 Å². The van der Waals surface area contributed by atoms with Crippen LogP contribution in [-0.2, 0) is 4.74 Å². The maximum Gasteiger partial charge on any atom is 0.522 e. The Labute approximate surface area is 85.8 Å². The molecule has 0 spiro atoms. The van der Waals surface area contributed by atoms with E-state index in [0.717, 1.165) is 12.8 Å². The van der Waals surface area contributed by atoms with Crippen molar-refractivity contribution in [2.75, 3.05) is 19.7 Å². The summed E-state index contributed by atoms with van der Waals surface area (Å²) in [6.45, 7) is 0.362. The molecule has 0 radical (unpaired) electrons. The van der Waals surface area contributed by atoms with Crippen molar-refractivity contribution in [2.45, 2.75) is 24.6 Å². The highest BCUT2D eigenvalue weighted by molar-refractivity contribution is 6.21. The molecule has 14 heavy (non-hydrogen) atoms. The minimum atomic E-state index is -4.53. The third kappa shape index (κ3) is 5.67. The van der Waals surface area contributed by atoms with Crippen LogP contribution in [0.2, 0.25) is 0 Å². The zero-order valence-corrected chi connectivity index (χ0v) is 8.37. The summed E-state index contributed by atoms with van der Waals surface area (Å²) in [5.74, 6) is 0.549. The van der Waals surface area contributed by atoms with Crippen LogP contribution in [0.4, 0.5) is 13.2 Å². The maximum atomic E-state index is 11.5. The molecule has 6 heteroatoms. The second kappa shape index (κ2) is 5.19. The van der Waals surface area contributed by atoms with Gasteiger partial charge in [-0.2, -0.15) is 0 Å². The van der Waals surface area contributed by atoms with Gasteiger partial charge in [-0.1, -0.05) is 0 Å². The summed E-state index contributed by atoms with van der Waals surface area (Å²) in [5.41, 5.74) is 0. The van der Waals surface area contributed by atoms with Crippen LogP contribution in [0.1, 0.15) is 12.8 Å². The predicted molar refractivity (Wildman–Crippen MR) is 47.2 cm³/mol. The Kier molecular flexibility index (Phi) is 4.47. The summed E-state index contributed by atoms with van der Waals surface area (Å²) in [6, 6.07) is 0. The molecule has 1 aliphatic carbocycles. The van der Waals surface area contributed by atoms with Crippen molar-refractivity contribution in [1.82, 2.24) is 5.32 Å². The Balaban J connectivity index is 1.88. The third-order valence-electron chi connectivity index (χ3n) is 2.02. The van der Waals surface area contributed by atoms with Crippen molar-refractivity contribution >= 4 is 11.6 Å². The molecule has 1 rings (SSSR count). The highest BCUT2D eigenvalue weighted by atomic mass is 35.5. The molecule has 0 bridgehead atoms. The zero-order valence-electron chi connectivity index (χ0n) is 7.61. The summed E-state index contributed by atoms with van der Waals surface area (Å²) < 4.78 is 38.1. The van der Waals surface area contributed by atoms with Crippen LogP contribution < -0.4 is 5.32 Å². The average molecular weight is 232 g/mol. The maximum absolute atomic E-state index is 11.5. The van der Waals surface area contributed by atoms with Gasteiger partial charge in [0.15, 0.2) is 0 Å². The van der Waals surface area contributed by atoms with E-state index in [2.05, 4.69) is 10.1 Å². The number of hydrogen-bond acceptors (Lipinski definition) is 2. The largest absolute Gasteiger partial charge is 0.522 e. The topological polar surface area (TPSA) is 21.3 Å². The molecular formula is C8H13ClF3NO. The minimum absolute atomic E-state index is 0.0425. The molecule has 1 atom stereocenters. The number of nitrogens with one attached hydrogen (secondary N) is 1. The second-order valence-electron chi connectivity index (χ2n) is 3.35. The number of hydrogen-bond donors (Lipinski definition) is 1. The first kappa shape index (κ1) is 12.1. The molecule has 1 saturated carbocycles. The van der Waals surface area contributed by atoms with E-state index in [1.165, 1.54) is 0 Å². The summed E-state index contributed by atoms with van der Waals surface area (Å²) in [4.78, 5) is 0. The summed E-state index contributed by atoms with van der Waals surface area (Å²) in [6.07, 6.45) is -2.26. The third-order valence-corrected chi connectivity index (χ3v) is 2.53. The Morgan fingerprint density at radius 2 is 2.07 bits per heavy atom. The van der Waals surface area contributed by atoms with Crippen molar-refractivity contribution in [3.8, 4) is 0 Å². The molecule has 0 amide bonds. The molecule has 1 N–H and O–H groups in total. The van der Waals surface area contributed by atoms with Gasteiger partial charge in [-0.05, 0) is 18.8 Å². The van der Waals surface area contributed by atoms with Crippen molar-refractivity contribution in [2.24, 2.45) is 5.92 Å². The van der Waals surface area contributed by atoms with Crippen LogP contribution in [0.25, 0.3) is 0 Å². The zero-order chi connectivity index (χ0) is 10.6. The van der Waals surface area contributed by atoms with E-state index in [1.807, 2.05) is 0 Å². The predicted octanol–water partition coefficient (Wildman–Crippen LogP) is 2.13. The molecule has 0 aromatic rings. The fourth-order valence-electron chi connectivity index (χ4n) is 1.10. The van der Waals surface area contributed by atoms with Gasteiger partial charge >= 0.3 is 6.36 Å². The molecule has 0 aromatic carbocycles. The Morgan fingerprint density at radius 1 is 1.43 bits per heavy atom. The highest BCUT2D eigenvalue weighted by Gasteiger charge is 2.30. The van der Waals surface area contributed by atoms with Gasteiger partial charge in [-0.25, -0.2) is 0 Å². The second-order valence-corrected chi connectivity index (χ2v) is 3.91. The van der Waals surface area contributed by atoms with E-state index in [1.54, 1.807) is 0 Å². The molecule has 0 heterocycles. The van der Waals surface area contributed by atoms with E-state index in [4.69, 9.17) is 11.6 Å². The molecule has 1 fully saturated rings. The van der Waals surface area contributed by atoms with Gasteiger partial charge in [0.25, 0.3) is 0 Å². The van der Waals surface area contributed by atoms with Crippen LogP contribution >= 0.6 is 11.6 Å². The van der Waals surface area contributed by atoms with Gasteiger partial charge in [0.05, 0.1) is 6.61 Å². The molecule has 0 aromatic heterocycles. The highest BCUT2D eigenvalue weighted by Crippen LogP contribution is 2.35. The van der Waals surface area contributed by atoms with Gasteiger partial charge < -0.3 is 5.32 Å². The lowest BCUT2D eigenvalue weighted by Gasteiger charge is -2.10. The fourth-order valence-corrected chi connectivity index (χ4v) is 1.46. The van der Waals surface area contributed by atoms with Crippen LogP contribution in [-0.4, -0.2) is 31.4 Å². The molecule has 2 nitrogen and oxygen atoms in total. The molecule has 84 valence electrons. The van der Waals surface area contributed by atoms with E-state index in [-0.39, 0.29) is 18.5 Å². The lowest BCUT2D eigenvalue weighted by Crippen LogP contribution is -2.29. The first-order valence-electron chi connectivity index (χ1n) is 4.54. The van der Waals surface area contributed by atoms with Crippen LogP contribution in [0.5, 0.6) is 0 Å². The smallest absolute Gasteiger partial charge is 0.313 e. The average Bonchev–Trinajstić information content (AvgIpc) is 2.83. The van der Waals surface area contributed by atoms with E-state index in [0.29, 0.717) is 12.5 Å². The summed E-state index contributed by atoms with van der Waals surface area (Å²) in [5, 5.41) is 2.86. The molecule has 1 aliphatic rings. The minimum Gasteiger partial charge on any atom is -0.313 e. The Morgan fingerprint density at radius 3 is 2.57 bits per heavy atom. The van der Waals surface area contributed by atoms with Crippen LogP contribution in [0, 0.1) is 5.92 Å². The number of rotatable bonds is 6. The quantitative estimate of drug-likeness (QED) is 0.559. The van der Waals surface area contributed by atoms with Crippen molar-refractivity contribution in [3.05, 3.63) is 0 Å². The number of alkyl halides is 4. The van der Waals surface area contributed by atoms with E-state index < -0.39 is 6.36 Å². The van der Waals surface area contributed by atoms with Gasteiger partial charge in [-0.15, -0.1) is 24.8 Å². The Hall–Kier alpha value is 0. The van der Waals surface area contributed by atoms with Crippen LogP contribution in [0.15, 0.2) is 0 Å². The van der Waals surface area contributed by atoms with Crippen molar-refractivity contribution in [1.29, 1.82) is 0 Å². The SMILES string of the molecule is FC(F)(F)OCCNCC(Cl)C1CC1. The summed E-state index contributed by atoms with van der Waals surface area (Å²) >= 11 is 5.92. The summed E-state index contributed by atoms with van der Waals surface area (Å²) in [7, 11) is 0. The van der Waals surface area contributed by atoms with E-state index >= 15 is 0 Å². The van der Waals surface area contributed by atoms with Crippen molar-refractivity contribution in [3.63, 3.8) is 0 Å². The van der Waals surface area contributed by atoms with Gasteiger partial charge in [-0.3, -0.25) is 4.74 Å². The van der Waals surface area contributed by atoms with Gasteiger partial charge in [0, 0.05) is 18.5 Å². The molecular weight excluding hydrogens is 219 g/mol. The first-order chi connectivity index (χ1) is 6.49. The molecule has 0 saturated heterocycles. The number of ether oxygens (including phenoxy) is 1. The fraction of sp³-hybridized carbons (Fsp3) is 1.00.